The van der Waals surface area contributed by atoms with Crippen molar-refractivity contribution in [3.63, 3.8) is 0 Å². The zero-order valence-corrected chi connectivity index (χ0v) is 14.5. The Hall–Kier alpha value is -2.27. The third-order valence-corrected chi connectivity index (χ3v) is 4.34. The van der Waals surface area contributed by atoms with Crippen molar-refractivity contribution in [3.05, 3.63) is 42.0 Å². The van der Waals surface area contributed by atoms with Gasteiger partial charge in [0.15, 0.2) is 0 Å². The molecular weight excluding hydrogens is 300 g/mol. The normalized spacial score (nSPS) is 18.2. The number of hydrogen-bond donors (Lipinski definition) is 2. The van der Waals surface area contributed by atoms with Crippen LogP contribution in [0.5, 0.6) is 0 Å². The highest BCUT2D eigenvalue weighted by molar-refractivity contribution is 5.94. The molecule has 1 aliphatic rings. The van der Waals surface area contributed by atoms with Crippen LogP contribution in [0.25, 0.3) is 0 Å². The SMILES string of the molecule is C=CC1CCc2cc(C(C=N)C=NCCNC)ccc2N1C(C)=O. The molecule has 2 rings (SSSR count). The molecule has 5 heteroatoms. The van der Waals surface area contributed by atoms with E-state index in [9.17, 15) is 4.79 Å². The predicted molar refractivity (Wildman–Crippen MR) is 101 cm³/mol. The first-order valence-corrected chi connectivity index (χ1v) is 8.32. The summed E-state index contributed by atoms with van der Waals surface area (Å²) in [5.74, 6) is -0.0964. The van der Waals surface area contributed by atoms with Crippen LogP contribution in [-0.4, -0.2) is 44.5 Å². The van der Waals surface area contributed by atoms with E-state index >= 15 is 0 Å². The van der Waals surface area contributed by atoms with Crippen LogP contribution in [0.2, 0.25) is 0 Å². The summed E-state index contributed by atoms with van der Waals surface area (Å²) in [7, 11) is 1.89. The fourth-order valence-corrected chi connectivity index (χ4v) is 3.08. The van der Waals surface area contributed by atoms with Gasteiger partial charge in [-0.25, -0.2) is 0 Å². The number of nitrogens with zero attached hydrogens (tertiary/aromatic N) is 2. The van der Waals surface area contributed by atoms with Gasteiger partial charge in [-0.15, -0.1) is 6.58 Å². The molecule has 5 nitrogen and oxygen atoms in total. The molecule has 24 heavy (non-hydrogen) atoms. The number of likely N-dealkylation sites (N-methyl/N-ethyl adjacent to an activating group) is 1. The lowest BCUT2D eigenvalue weighted by atomic mass is 9.91. The van der Waals surface area contributed by atoms with Crippen LogP contribution in [0.1, 0.15) is 30.4 Å². The molecule has 0 fully saturated rings. The molecule has 1 aliphatic heterocycles. The van der Waals surface area contributed by atoms with Gasteiger partial charge in [-0.2, -0.15) is 0 Å². The summed E-state index contributed by atoms with van der Waals surface area (Å²) in [4.78, 5) is 18.2. The van der Waals surface area contributed by atoms with Crippen LogP contribution in [0.3, 0.4) is 0 Å². The second-order valence-corrected chi connectivity index (χ2v) is 5.97. The van der Waals surface area contributed by atoms with E-state index in [0.29, 0.717) is 6.54 Å². The summed E-state index contributed by atoms with van der Waals surface area (Å²) in [6, 6.07) is 6.13. The summed E-state index contributed by atoms with van der Waals surface area (Å²) in [6.07, 6.45) is 6.86. The van der Waals surface area contributed by atoms with Crippen molar-refractivity contribution in [2.45, 2.75) is 31.7 Å². The van der Waals surface area contributed by atoms with Crippen molar-refractivity contribution in [1.29, 1.82) is 5.41 Å². The van der Waals surface area contributed by atoms with Crippen molar-refractivity contribution < 1.29 is 4.79 Å². The molecule has 1 heterocycles. The maximum absolute atomic E-state index is 12.0. The lowest BCUT2D eigenvalue weighted by molar-refractivity contribution is -0.116. The molecule has 1 aromatic rings. The number of benzene rings is 1. The molecule has 2 N–H and O–H groups in total. The van der Waals surface area contributed by atoms with Gasteiger partial charge in [0.25, 0.3) is 0 Å². The number of rotatable bonds is 7. The Morgan fingerprint density at radius 2 is 2.38 bits per heavy atom. The molecule has 0 aliphatic carbocycles. The van der Waals surface area contributed by atoms with Crippen LogP contribution >= 0.6 is 0 Å². The summed E-state index contributed by atoms with van der Waals surface area (Å²) < 4.78 is 0. The minimum atomic E-state index is -0.130. The Bertz CT molecular complexity index is 638. The highest BCUT2D eigenvalue weighted by atomic mass is 16.2. The van der Waals surface area contributed by atoms with Gasteiger partial charge in [0.05, 0.1) is 18.5 Å². The zero-order chi connectivity index (χ0) is 17.5. The van der Waals surface area contributed by atoms with E-state index in [0.717, 1.165) is 36.2 Å². The number of anilines is 1. The maximum Gasteiger partial charge on any atom is 0.224 e. The number of fused-ring (bicyclic) bond motifs is 1. The fraction of sp³-hybridized carbons (Fsp3) is 0.421. The van der Waals surface area contributed by atoms with Gasteiger partial charge < -0.3 is 15.6 Å². The number of aliphatic imine (C=N–C) groups is 1. The number of aryl methyl sites for hydroxylation is 1. The monoisotopic (exact) mass is 326 g/mol. The highest BCUT2D eigenvalue weighted by Gasteiger charge is 2.27. The van der Waals surface area contributed by atoms with Crippen LogP contribution in [0.4, 0.5) is 5.69 Å². The Kier molecular flexibility index (Phi) is 6.44. The first-order valence-electron chi connectivity index (χ1n) is 8.32. The molecular formula is C19H26N4O. The average molecular weight is 326 g/mol. The largest absolute Gasteiger partial charge is 0.318 e. The highest BCUT2D eigenvalue weighted by Crippen LogP contribution is 2.33. The van der Waals surface area contributed by atoms with E-state index in [2.05, 4.69) is 23.0 Å². The lowest BCUT2D eigenvalue weighted by Gasteiger charge is -2.35. The summed E-state index contributed by atoms with van der Waals surface area (Å²) >= 11 is 0. The smallest absolute Gasteiger partial charge is 0.224 e. The van der Waals surface area contributed by atoms with E-state index in [1.165, 1.54) is 6.21 Å². The molecule has 0 saturated carbocycles. The molecule has 2 atom stereocenters. The first-order chi connectivity index (χ1) is 11.6. The van der Waals surface area contributed by atoms with Crippen LogP contribution in [-0.2, 0) is 11.2 Å². The van der Waals surface area contributed by atoms with Crippen LogP contribution < -0.4 is 10.2 Å². The van der Waals surface area contributed by atoms with Crippen molar-refractivity contribution in [2.24, 2.45) is 4.99 Å². The number of nitrogens with one attached hydrogen (secondary N) is 2. The van der Waals surface area contributed by atoms with Gasteiger partial charge in [-0.1, -0.05) is 18.2 Å². The van der Waals surface area contributed by atoms with Crippen molar-refractivity contribution in [3.8, 4) is 0 Å². The molecule has 1 aromatic carbocycles. The predicted octanol–water partition coefficient (Wildman–Crippen LogP) is 2.56. The zero-order valence-electron chi connectivity index (χ0n) is 14.5. The number of carbonyl (C=O) groups excluding carboxylic acids is 1. The van der Waals surface area contributed by atoms with Gasteiger partial charge in [0.1, 0.15) is 0 Å². The minimum absolute atomic E-state index is 0.0332. The second kappa shape index (κ2) is 8.55. The Morgan fingerprint density at radius 3 is 3.00 bits per heavy atom. The maximum atomic E-state index is 12.0. The van der Waals surface area contributed by atoms with Gasteiger partial charge in [0, 0.05) is 31.6 Å². The van der Waals surface area contributed by atoms with Crippen molar-refractivity contribution in [1.82, 2.24) is 5.32 Å². The van der Waals surface area contributed by atoms with E-state index < -0.39 is 0 Å². The lowest BCUT2D eigenvalue weighted by Crippen LogP contribution is -2.41. The Labute approximate surface area is 144 Å². The van der Waals surface area contributed by atoms with Crippen LogP contribution in [0.15, 0.2) is 35.8 Å². The first kappa shape index (κ1) is 18.1. The summed E-state index contributed by atoms with van der Waals surface area (Å²) in [5.41, 5.74) is 3.15. The minimum Gasteiger partial charge on any atom is -0.318 e. The van der Waals surface area contributed by atoms with E-state index in [1.807, 2.05) is 36.4 Å². The third-order valence-electron chi connectivity index (χ3n) is 4.34. The number of carbonyl (C=O) groups is 1. The average Bonchev–Trinajstić information content (AvgIpc) is 2.60. The number of hydrogen-bond acceptors (Lipinski definition) is 4. The molecule has 0 aromatic heterocycles. The molecule has 0 spiro atoms. The molecule has 0 radical (unpaired) electrons. The number of amides is 1. The van der Waals surface area contributed by atoms with Crippen molar-refractivity contribution in [2.75, 3.05) is 25.0 Å². The standard InChI is InChI=1S/C19H26N4O/c1-4-18-7-5-16-11-15(6-8-19(16)23(18)14(2)24)17(12-20)13-22-10-9-21-3/h4,6,8,11-13,17-18,20-21H,1,5,7,9-10H2,2-3H3. The Morgan fingerprint density at radius 1 is 1.58 bits per heavy atom. The van der Waals surface area contributed by atoms with E-state index in [-0.39, 0.29) is 17.9 Å². The van der Waals surface area contributed by atoms with Gasteiger partial charge >= 0.3 is 0 Å². The quantitative estimate of drug-likeness (QED) is 0.459. The fourth-order valence-electron chi connectivity index (χ4n) is 3.08. The van der Waals surface area contributed by atoms with E-state index in [1.54, 1.807) is 6.92 Å². The summed E-state index contributed by atoms with van der Waals surface area (Å²) in [5, 5.41) is 10.7. The third kappa shape index (κ3) is 3.97. The molecule has 1 amide bonds. The molecule has 2 unspecified atom stereocenters. The van der Waals surface area contributed by atoms with Crippen molar-refractivity contribution >= 4 is 24.0 Å². The second-order valence-electron chi connectivity index (χ2n) is 5.97. The Balaban J connectivity index is 2.27. The topological polar surface area (TPSA) is 68.6 Å². The molecule has 128 valence electrons. The molecule has 0 saturated heterocycles. The van der Waals surface area contributed by atoms with Gasteiger partial charge in [-0.3, -0.25) is 9.79 Å². The van der Waals surface area contributed by atoms with Gasteiger partial charge in [0.2, 0.25) is 5.91 Å². The summed E-state index contributed by atoms with van der Waals surface area (Å²) in [6.45, 7) is 6.96. The van der Waals surface area contributed by atoms with E-state index in [4.69, 9.17) is 5.41 Å². The van der Waals surface area contributed by atoms with Gasteiger partial charge in [-0.05, 0) is 37.1 Å². The van der Waals surface area contributed by atoms with Crippen LogP contribution in [0, 0.1) is 5.41 Å². The molecule has 0 bridgehead atoms.